The van der Waals surface area contributed by atoms with Crippen LogP contribution >= 0.6 is 0 Å². The fraction of sp³-hybridized carbons (Fsp3) is 0.263. The van der Waals surface area contributed by atoms with Crippen LogP contribution in [0.15, 0.2) is 42.5 Å². The number of nitrogens with one attached hydrogen (secondary N) is 1. The summed E-state index contributed by atoms with van der Waals surface area (Å²) in [5, 5.41) is 2.81. The van der Waals surface area contributed by atoms with E-state index in [1.165, 1.54) is 4.90 Å². The summed E-state index contributed by atoms with van der Waals surface area (Å²) in [6.45, 7) is 3.91. The van der Waals surface area contributed by atoms with Gasteiger partial charge in [0.1, 0.15) is 6.54 Å². The van der Waals surface area contributed by atoms with Crippen LogP contribution in [0.1, 0.15) is 19.4 Å². The number of amides is 2. The van der Waals surface area contributed by atoms with Crippen LogP contribution < -0.4 is 19.7 Å². The molecule has 0 aliphatic carbocycles. The minimum Gasteiger partial charge on any atom is -0.454 e. The van der Waals surface area contributed by atoms with Gasteiger partial charge in [-0.3, -0.25) is 9.59 Å². The number of para-hydroxylation sites is 1. The van der Waals surface area contributed by atoms with Crippen molar-refractivity contribution in [2.24, 2.45) is 0 Å². The van der Waals surface area contributed by atoms with E-state index in [2.05, 4.69) is 5.32 Å². The number of hydrogen-bond donors (Lipinski definition) is 1. The maximum atomic E-state index is 12.7. The summed E-state index contributed by atoms with van der Waals surface area (Å²) < 4.78 is 10.6. The van der Waals surface area contributed by atoms with Crippen molar-refractivity contribution < 1.29 is 19.1 Å². The second-order valence-electron chi connectivity index (χ2n) is 6.65. The van der Waals surface area contributed by atoms with Crippen LogP contribution in [0, 0.1) is 0 Å². The van der Waals surface area contributed by atoms with Crippen molar-refractivity contribution in [1.29, 1.82) is 0 Å². The summed E-state index contributed by atoms with van der Waals surface area (Å²) in [7, 11) is 0. The number of benzene rings is 2. The van der Waals surface area contributed by atoms with Crippen LogP contribution in [0.3, 0.4) is 0 Å². The summed E-state index contributed by atoms with van der Waals surface area (Å²) in [4.78, 5) is 26.7. The molecule has 2 aliphatic heterocycles. The highest BCUT2D eigenvalue weighted by Crippen LogP contribution is 2.41. The molecule has 0 aromatic heterocycles. The lowest BCUT2D eigenvalue weighted by atomic mass is 9.86. The Morgan fingerprint density at radius 3 is 2.76 bits per heavy atom. The van der Waals surface area contributed by atoms with Gasteiger partial charge in [0.2, 0.25) is 18.6 Å². The van der Waals surface area contributed by atoms with E-state index in [1.54, 1.807) is 18.2 Å². The number of fused-ring (bicyclic) bond motifs is 2. The smallest absolute Gasteiger partial charge is 0.244 e. The largest absolute Gasteiger partial charge is 0.454 e. The van der Waals surface area contributed by atoms with Gasteiger partial charge in [0.15, 0.2) is 11.5 Å². The Morgan fingerprint density at radius 2 is 1.92 bits per heavy atom. The topological polar surface area (TPSA) is 67.9 Å². The van der Waals surface area contributed by atoms with Crippen molar-refractivity contribution in [2.75, 3.05) is 23.6 Å². The predicted molar refractivity (Wildman–Crippen MR) is 93.0 cm³/mol. The van der Waals surface area contributed by atoms with Crippen molar-refractivity contribution in [1.82, 2.24) is 0 Å². The second kappa shape index (κ2) is 5.51. The number of nitrogens with zero attached hydrogens (tertiary/aromatic N) is 1. The molecule has 0 radical (unpaired) electrons. The lowest BCUT2D eigenvalue weighted by Gasteiger charge is -2.20. The minimum absolute atomic E-state index is 0.0340. The number of anilines is 2. The Bertz CT molecular complexity index is 875. The molecule has 128 valence electrons. The van der Waals surface area contributed by atoms with Crippen LogP contribution in [0.5, 0.6) is 11.5 Å². The van der Waals surface area contributed by atoms with Crippen molar-refractivity contribution in [2.45, 2.75) is 19.3 Å². The molecule has 6 nitrogen and oxygen atoms in total. The Kier molecular flexibility index (Phi) is 3.42. The van der Waals surface area contributed by atoms with Crippen LogP contribution in [0.2, 0.25) is 0 Å². The third-order valence-corrected chi connectivity index (χ3v) is 4.61. The monoisotopic (exact) mass is 338 g/mol. The molecule has 0 unspecified atom stereocenters. The van der Waals surface area contributed by atoms with Gasteiger partial charge in [-0.25, -0.2) is 0 Å². The highest BCUT2D eigenvalue weighted by Gasteiger charge is 2.44. The fourth-order valence-corrected chi connectivity index (χ4v) is 3.27. The molecule has 6 heteroatoms. The Labute approximate surface area is 145 Å². The van der Waals surface area contributed by atoms with E-state index in [9.17, 15) is 9.59 Å². The molecule has 2 aromatic rings. The summed E-state index contributed by atoms with van der Waals surface area (Å²) in [5.74, 6) is 0.916. The van der Waals surface area contributed by atoms with Gasteiger partial charge in [0.25, 0.3) is 0 Å². The van der Waals surface area contributed by atoms with E-state index in [1.807, 2.05) is 38.1 Å². The maximum absolute atomic E-state index is 12.7. The van der Waals surface area contributed by atoms with Gasteiger partial charge in [-0.1, -0.05) is 18.2 Å². The lowest BCUT2D eigenvalue weighted by molar-refractivity contribution is -0.124. The first-order valence-electron chi connectivity index (χ1n) is 8.08. The first kappa shape index (κ1) is 15.5. The Morgan fingerprint density at radius 1 is 1.16 bits per heavy atom. The normalized spacial score (nSPS) is 16.7. The van der Waals surface area contributed by atoms with Crippen LogP contribution in [-0.4, -0.2) is 25.2 Å². The van der Waals surface area contributed by atoms with Gasteiger partial charge in [-0.2, -0.15) is 0 Å². The van der Waals surface area contributed by atoms with E-state index in [0.29, 0.717) is 17.2 Å². The van der Waals surface area contributed by atoms with Gasteiger partial charge in [-0.05, 0) is 37.6 Å². The van der Waals surface area contributed by atoms with Crippen LogP contribution in [0.4, 0.5) is 11.4 Å². The average Bonchev–Trinajstić information content (AvgIpc) is 3.12. The highest BCUT2D eigenvalue weighted by atomic mass is 16.7. The lowest BCUT2D eigenvalue weighted by Crippen LogP contribution is -2.40. The van der Waals surface area contributed by atoms with Crippen LogP contribution in [-0.2, 0) is 15.0 Å². The molecule has 0 fully saturated rings. The molecule has 2 aliphatic rings. The molecule has 0 spiro atoms. The van der Waals surface area contributed by atoms with Crippen molar-refractivity contribution in [3.8, 4) is 11.5 Å². The van der Waals surface area contributed by atoms with Gasteiger partial charge >= 0.3 is 0 Å². The summed E-state index contributed by atoms with van der Waals surface area (Å²) >= 11 is 0. The Hall–Kier alpha value is -3.02. The molecule has 4 rings (SSSR count). The first-order valence-corrected chi connectivity index (χ1v) is 8.08. The fourth-order valence-electron chi connectivity index (χ4n) is 3.27. The summed E-state index contributed by atoms with van der Waals surface area (Å²) in [6.07, 6.45) is 0. The predicted octanol–water partition coefficient (Wildman–Crippen LogP) is 2.68. The summed E-state index contributed by atoms with van der Waals surface area (Å²) in [6, 6.07) is 12.8. The number of rotatable bonds is 3. The standard InChI is InChI=1S/C19H18N2O4/c1-19(2)13-5-3-4-6-14(13)21(18(19)23)10-17(22)20-12-7-8-15-16(9-12)25-11-24-15/h3-9H,10-11H2,1-2H3,(H,20,22). The van der Waals surface area contributed by atoms with Gasteiger partial charge < -0.3 is 19.7 Å². The molecule has 2 aromatic carbocycles. The molecule has 0 atom stereocenters. The maximum Gasteiger partial charge on any atom is 0.244 e. The van der Waals surface area contributed by atoms with E-state index in [4.69, 9.17) is 9.47 Å². The highest BCUT2D eigenvalue weighted by molar-refractivity contribution is 6.11. The van der Waals surface area contributed by atoms with E-state index in [-0.39, 0.29) is 25.2 Å². The first-order chi connectivity index (χ1) is 12.0. The second-order valence-corrected chi connectivity index (χ2v) is 6.65. The number of ether oxygens (including phenoxy) is 2. The molecular weight excluding hydrogens is 320 g/mol. The molecule has 2 heterocycles. The number of carbonyl (C=O) groups excluding carboxylic acids is 2. The molecule has 0 bridgehead atoms. The minimum atomic E-state index is -0.629. The van der Waals surface area contributed by atoms with E-state index >= 15 is 0 Å². The third kappa shape index (κ3) is 2.50. The molecule has 2 amide bonds. The Balaban J connectivity index is 1.52. The van der Waals surface area contributed by atoms with Gasteiger partial charge in [0.05, 0.1) is 5.41 Å². The molecule has 0 saturated carbocycles. The van der Waals surface area contributed by atoms with Crippen molar-refractivity contribution in [3.63, 3.8) is 0 Å². The zero-order valence-electron chi connectivity index (χ0n) is 14.0. The van der Waals surface area contributed by atoms with Crippen LogP contribution in [0.25, 0.3) is 0 Å². The van der Waals surface area contributed by atoms with Crippen molar-refractivity contribution >= 4 is 23.2 Å². The van der Waals surface area contributed by atoms with Gasteiger partial charge in [-0.15, -0.1) is 0 Å². The molecule has 25 heavy (non-hydrogen) atoms. The zero-order chi connectivity index (χ0) is 17.6. The van der Waals surface area contributed by atoms with E-state index in [0.717, 1.165) is 11.3 Å². The number of carbonyl (C=O) groups is 2. The summed E-state index contributed by atoms with van der Waals surface area (Å²) in [5.41, 5.74) is 1.71. The molecule has 0 saturated heterocycles. The molecular formula is C19H18N2O4. The zero-order valence-corrected chi connectivity index (χ0v) is 14.0. The SMILES string of the molecule is CC1(C)C(=O)N(CC(=O)Nc2ccc3c(c2)OCO3)c2ccccc21. The average molecular weight is 338 g/mol. The van der Waals surface area contributed by atoms with Gasteiger partial charge in [0, 0.05) is 17.4 Å². The number of hydrogen-bond acceptors (Lipinski definition) is 4. The quantitative estimate of drug-likeness (QED) is 0.934. The van der Waals surface area contributed by atoms with E-state index < -0.39 is 5.41 Å². The van der Waals surface area contributed by atoms with Crippen molar-refractivity contribution in [3.05, 3.63) is 48.0 Å². The molecule has 1 N–H and O–H groups in total. The third-order valence-electron chi connectivity index (χ3n) is 4.61.